The maximum atomic E-state index is 12.3. The number of carbonyl (C=O) groups excluding carboxylic acids is 1. The van der Waals surface area contributed by atoms with E-state index in [1.165, 1.54) is 12.8 Å². The zero-order valence-electron chi connectivity index (χ0n) is 12.9. The number of nitrogens with one attached hydrogen (secondary N) is 1. The highest BCUT2D eigenvalue weighted by atomic mass is 16.5. The largest absolute Gasteiger partial charge is 0.488 e. The van der Waals surface area contributed by atoms with Gasteiger partial charge in [-0.15, -0.1) is 0 Å². The average molecular weight is 312 g/mol. The molecule has 1 saturated carbocycles. The predicted molar refractivity (Wildman–Crippen MR) is 84.3 cm³/mol. The van der Waals surface area contributed by atoms with Gasteiger partial charge in [0, 0.05) is 30.6 Å². The third-order valence-corrected chi connectivity index (χ3v) is 4.55. The van der Waals surface area contributed by atoms with Gasteiger partial charge in [0.05, 0.1) is 6.54 Å². The van der Waals surface area contributed by atoms with Crippen molar-refractivity contribution in [3.05, 3.63) is 42.0 Å². The van der Waals surface area contributed by atoms with Gasteiger partial charge in [-0.05, 0) is 31.0 Å². The van der Waals surface area contributed by atoms with Crippen LogP contribution < -0.4 is 10.1 Å². The Labute approximate surface area is 134 Å². The van der Waals surface area contributed by atoms with Gasteiger partial charge in [-0.2, -0.15) is 5.10 Å². The molecule has 1 amide bonds. The number of aromatic nitrogens is 3. The fraction of sp³-hybridized carbons (Fsp3) is 0.471. The van der Waals surface area contributed by atoms with Crippen molar-refractivity contribution < 1.29 is 9.53 Å². The van der Waals surface area contributed by atoms with E-state index >= 15 is 0 Å². The van der Waals surface area contributed by atoms with Crippen LogP contribution in [0.1, 0.15) is 41.9 Å². The second-order valence-corrected chi connectivity index (χ2v) is 6.28. The molecule has 6 nitrogen and oxygen atoms in total. The quantitative estimate of drug-likeness (QED) is 0.937. The highest BCUT2D eigenvalue weighted by Crippen LogP contribution is 2.22. The van der Waals surface area contributed by atoms with Crippen molar-refractivity contribution in [2.24, 2.45) is 0 Å². The van der Waals surface area contributed by atoms with Crippen molar-refractivity contribution in [1.82, 2.24) is 20.1 Å². The van der Waals surface area contributed by atoms with Crippen LogP contribution in [0.3, 0.4) is 0 Å². The molecule has 0 aromatic carbocycles. The molecule has 0 radical (unpaired) electrons. The van der Waals surface area contributed by atoms with E-state index in [0.29, 0.717) is 18.3 Å². The predicted octanol–water partition coefficient (Wildman–Crippen LogP) is 1.95. The number of ether oxygens (including phenoxy) is 1. The number of amides is 1. The maximum absolute atomic E-state index is 12.3. The van der Waals surface area contributed by atoms with Gasteiger partial charge in [0.25, 0.3) is 5.91 Å². The number of hydrogen-bond donors (Lipinski definition) is 1. The molecule has 3 heterocycles. The first kappa shape index (κ1) is 14.2. The zero-order valence-corrected chi connectivity index (χ0v) is 12.9. The third kappa shape index (κ3) is 3.06. The van der Waals surface area contributed by atoms with E-state index in [4.69, 9.17) is 4.74 Å². The number of pyridine rings is 1. The summed E-state index contributed by atoms with van der Waals surface area (Å²) < 4.78 is 7.81. The summed E-state index contributed by atoms with van der Waals surface area (Å²) in [6, 6.07) is 5.91. The highest BCUT2D eigenvalue weighted by molar-refractivity contribution is 5.92. The van der Waals surface area contributed by atoms with Crippen LogP contribution in [0.25, 0.3) is 0 Å². The number of rotatable bonds is 4. The van der Waals surface area contributed by atoms with E-state index in [9.17, 15) is 4.79 Å². The molecule has 1 fully saturated rings. The fourth-order valence-electron chi connectivity index (χ4n) is 3.40. The van der Waals surface area contributed by atoms with Gasteiger partial charge in [0.1, 0.15) is 17.5 Å². The van der Waals surface area contributed by atoms with Gasteiger partial charge in [0.2, 0.25) is 0 Å². The number of fused-ring (bicyclic) bond motifs is 1. The second-order valence-electron chi connectivity index (χ2n) is 6.28. The normalized spacial score (nSPS) is 20.4. The monoisotopic (exact) mass is 312 g/mol. The summed E-state index contributed by atoms with van der Waals surface area (Å²) in [5, 5.41) is 7.52. The standard InChI is InChI=1S/C17H20N4O2/c22-17(19-12-3-1-2-4-12)16-10-13-9-15(11-21(13)20-16)23-14-5-7-18-8-6-14/h5-8,10,12,15H,1-4,9,11H2,(H,19,22). The zero-order chi connectivity index (χ0) is 15.6. The summed E-state index contributed by atoms with van der Waals surface area (Å²) in [5.41, 5.74) is 1.58. The summed E-state index contributed by atoms with van der Waals surface area (Å²) in [6.07, 6.45) is 8.85. The molecule has 2 aromatic rings. The van der Waals surface area contributed by atoms with E-state index in [2.05, 4.69) is 15.4 Å². The van der Waals surface area contributed by atoms with Crippen molar-refractivity contribution in [2.75, 3.05) is 0 Å². The lowest BCUT2D eigenvalue weighted by molar-refractivity contribution is 0.0931. The Bertz CT molecular complexity index is 668. The maximum Gasteiger partial charge on any atom is 0.272 e. The Hall–Kier alpha value is -2.37. The van der Waals surface area contributed by atoms with Crippen molar-refractivity contribution in [3.63, 3.8) is 0 Å². The molecule has 4 rings (SSSR count). The Morgan fingerprint density at radius 3 is 2.78 bits per heavy atom. The molecule has 6 heteroatoms. The first-order valence-electron chi connectivity index (χ1n) is 8.22. The topological polar surface area (TPSA) is 69.0 Å². The molecular weight excluding hydrogens is 292 g/mol. The minimum atomic E-state index is -0.0506. The van der Waals surface area contributed by atoms with E-state index in [-0.39, 0.29) is 12.0 Å². The minimum absolute atomic E-state index is 0.0506. The van der Waals surface area contributed by atoms with Crippen molar-refractivity contribution >= 4 is 5.91 Å². The summed E-state index contributed by atoms with van der Waals surface area (Å²) >= 11 is 0. The van der Waals surface area contributed by atoms with Crippen LogP contribution in [0.15, 0.2) is 30.6 Å². The van der Waals surface area contributed by atoms with E-state index < -0.39 is 0 Å². The number of nitrogens with zero attached hydrogens (tertiary/aromatic N) is 3. The lowest BCUT2D eigenvalue weighted by Crippen LogP contribution is -2.33. The molecule has 0 bridgehead atoms. The summed E-state index contributed by atoms with van der Waals surface area (Å²) in [5.74, 6) is 0.764. The van der Waals surface area contributed by atoms with Crippen molar-refractivity contribution in [3.8, 4) is 5.75 Å². The number of carbonyl (C=O) groups is 1. The van der Waals surface area contributed by atoms with E-state index in [0.717, 1.165) is 30.7 Å². The minimum Gasteiger partial charge on any atom is -0.488 e. The SMILES string of the molecule is O=C(NC1CCCC1)c1cc2n(n1)CC(Oc1ccncc1)C2. The van der Waals surface area contributed by atoms with Crippen LogP contribution in [0.2, 0.25) is 0 Å². The Morgan fingerprint density at radius 2 is 2.04 bits per heavy atom. The van der Waals surface area contributed by atoms with Gasteiger partial charge < -0.3 is 10.1 Å². The molecule has 2 aliphatic rings. The molecule has 0 spiro atoms. The van der Waals surface area contributed by atoms with Crippen LogP contribution in [0.5, 0.6) is 5.75 Å². The van der Waals surface area contributed by atoms with Gasteiger partial charge >= 0.3 is 0 Å². The van der Waals surface area contributed by atoms with Crippen LogP contribution in [0, 0.1) is 0 Å². The molecule has 1 aliphatic carbocycles. The summed E-state index contributed by atoms with van der Waals surface area (Å²) in [6.45, 7) is 0.675. The van der Waals surface area contributed by atoms with Crippen molar-refractivity contribution in [2.45, 2.75) is 50.8 Å². The van der Waals surface area contributed by atoms with Gasteiger partial charge in [-0.1, -0.05) is 12.8 Å². The van der Waals surface area contributed by atoms with Crippen LogP contribution in [0.4, 0.5) is 0 Å². The Balaban J connectivity index is 1.37. The van der Waals surface area contributed by atoms with Crippen LogP contribution in [-0.2, 0) is 13.0 Å². The first-order valence-corrected chi connectivity index (χ1v) is 8.22. The lowest BCUT2D eigenvalue weighted by Gasteiger charge is -2.12. The molecule has 1 aliphatic heterocycles. The molecule has 1 N–H and O–H groups in total. The Kier molecular flexibility index (Phi) is 3.73. The smallest absolute Gasteiger partial charge is 0.272 e. The van der Waals surface area contributed by atoms with Crippen molar-refractivity contribution in [1.29, 1.82) is 0 Å². The highest BCUT2D eigenvalue weighted by Gasteiger charge is 2.27. The van der Waals surface area contributed by atoms with E-state index in [1.807, 2.05) is 22.9 Å². The second kappa shape index (κ2) is 6.02. The molecule has 1 atom stereocenters. The fourth-order valence-corrected chi connectivity index (χ4v) is 3.40. The Morgan fingerprint density at radius 1 is 1.26 bits per heavy atom. The lowest BCUT2D eigenvalue weighted by atomic mass is 10.2. The third-order valence-electron chi connectivity index (χ3n) is 4.55. The average Bonchev–Trinajstić information content (AvgIpc) is 3.24. The molecular formula is C17H20N4O2. The van der Waals surface area contributed by atoms with Crippen LogP contribution in [-0.4, -0.2) is 32.8 Å². The van der Waals surface area contributed by atoms with Gasteiger partial charge in [-0.3, -0.25) is 14.5 Å². The van der Waals surface area contributed by atoms with E-state index in [1.54, 1.807) is 12.4 Å². The van der Waals surface area contributed by atoms with Gasteiger partial charge in [-0.25, -0.2) is 0 Å². The molecule has 23 heavy (non-hydrogen) atoms. The molecule has 0 saturated heterocycles. The summed E-state index contributed by atoms with van der Waals surface area (Å²) in [7, 11) is 0. The summed E-state index contributed by atoms with van der Waals surface area (Å²) in [4.78, 5) is 16.2. The van der Waals surface area contributed by atoms with Gasteiger partial charge in [0.15, 0.2) is 0 Å². The first-order chi connectivity index (χ1) is 11.3. The molecule has 120 valence electrons. The number of hydrogen-bond acceptors (Lipinski definition) is 4. The van der Waals surface area contributed by atoms with Crippen LogP contribution >= 0.6 is 0 Å². The molecule has 1 unspecified atom stereocenters. The molecule has 2 aromatic heterocycles.